The summed E-state index contributed by atoms with van der Waals surface area (Å²) in [6.07, 6.45) is 3.44. The zero-order chi connectivity index (χ0) is 19.1. The second kappa shape index (κ2) is 9.46. The highest BCUT2D eigenvalue weighted by Gasteiger charge is 2.27. The fourth-order valence-corrected chi connectivity index (χ4v) is 3.56. The van der Waals surface area contributed by atoms with Crippen LogP contribution in [0.1, 0.15) is 57.6 Å². The predicted molar refractivity (Wildman–Crippen MR) is 100 cm³/mol. The molecule has 0 aromatic heterocycles. The summed E-state index contributed by atoms with van der Waals surface area (Å²) < 4.78 is 5.45. The minimum absolute atomic E-state index is 0.0305. The summed E-state index contributed by atoms with van der Waals surface area (Å²) in [5.41, 5.74) is 0.966. The van der Waals surface area contributed by atoms with Gasteiger partial charge in [0.25, 0.3) is 0 Å². The molecule has 0 aliphatic heterocycles. The fourth-order valence-electron chi connectivity index (χ4n) is 3.56. The molecule has 0 spiro atoms. The van der Waals surface area contributed by atoms with Gasteiger partial charge in [0.1, 0.15) is 5.75 Å². The number of carboxylic acid groups (broad SMARTS) is 1. The number of ether oxygens (including phenoxy) is 1. The van der Waals surface area contributed by atoms with Crippen molar-refractivity contribution in [3.05, 3.63) is 29.8 Å². The summed E-state index contributed by atoms with van der Waals surface area (Å²) in [5.74, 6) is 0.163. The molecule has 1 aromatic carbocycles. The summed E-state index contributed by atoms with van der Waals surface area (Å²) in [4.78, 5) is 23.5. The monoisotopic (exact) mass is 362 g/mol. The SMILES string of the molecule is COc1ccccc1C(CC(C)C)NC(=O)NC1CCC(C(=O)O)CC1. The van der Waals surface area contributed by atoms with E-state index in [4.69, 9.17) is 9.84 Å². The molecule has 0 heterocycles. The average Bonchev–Trinajstić information content (AvgIpc) is 2.61. The summed E-state index contributed by atoms with van der Waals surface area (Å²) >= 11 is 0. The van der Waals surface area contributed by atoms with Gasteiger partial charge in [0, 0.05) is 11.6 Å². The van der Waals surface area contributed by atoms with Gasteiger partial charge < -0.3 is 20.5 Å². The Balaban J connectivity index is 1.98. The first-order valence-corrected chi connectivity index (χ1v) is 9.33. The van der Waals surface area contributed by atoms with E-state index in [9.17, 15) is 9.59 Å². The maximum absolute atomic E-state index is 12.5. The molecule has 0 radical (unpaired) electrons. The molecule has 1 atom stereocenters. The van der Waals surface area contributed by atoms with Gasteiger partial charge in [-0.25, -0.2) is 4.79 Å². The van der Waals surface area contributed by atoms with E-state index in [1.54, 1.807) is 7.11 Å². The van der Waals surface area contributed by atoms with Crippen molar-refractivity contribution in [3.63, 3.8) is 0 Å². The highest BCUT2D eigenvalue weighted by molar-refractivity contribution is 5.75. The molecule has 26 heavy (non-hydrogen) atoms. The summed E-state index contributed by atoms with van der Waals surface area (Å²) in [6, 6.07) is 7.41. The number of amides is 2. The zero-order valence-electron chi connectivity index (χ0n) is 15.8. The Morgan fingerprint density at radius 1 is 1.19 bits per heavy atom. The molecule has 144 valence electrons. The Hall–Kier alpha value is -2.24. The molecule has 1 fully saturated rings. The highest BCUT2D eigenvalue weighted by Crippen LogP contribution is 2.29. The second-order valence-corrected chi connectivity index (χ2v) is 7.43. The Bertz CT molecular complexity index is 610. The van der Waals surface area contributed by atoms with Crippen molar-refractivity contribution in [2.75, 3.05) is 7.11 Å². The van der Waals surface area contributed by atoms with Gasteiger partial charge in [0.15, 0.2) is 0 Å². The normalized spacial score (nSPS) is 21.1. The third kappa shape index (κ3) is 5.64. The third-order valence-corrected chi connectivity index (χ3v) is 4.94. The van der Waals surface area contributed by atoms with E-state index in [1.807, 2.05) is 24.3 Å². The van der Waals surface area contributed by atoms with Gasteiger partial charge in [-0.2, -0.15) is 0 Å². The number of aliphatic carboxylic acids is 1. The van der Waals surface area contributed by atoms with E-state index in [0.29, 0.717) is 31.6 Å². The van der Waals surface area contributed by atoms with E-state index < -0.39 is 5.97 Å². The quantitative estimate of drug-likeness (QED) is 0.690. The van der Waals surface area contributed by atoms with Crippen molar-refractivity contribution in [1.82, 2.24) is 10.6 Å². The van der Waals surface area contributed by atoms with E-state index in [0.717, 1.165) is 17.7 Å². The lowest BCUT2D eigenvalue weighted by Crippen LogP contribution is -2.45. The van der Waals surface area contributed by atoms with Crippen LogP contribution in [-0.2, 0) is 4.79 Å². The Morgan fingerprint density at radius 3 is 2.42 bits per heavy atom. The molecule has 1 aromatic rings. The molecule has 0 bridgehead atoms. The maximum Gasteiger partial charge on any atom is 0.315 e. The van der Waals surface area contributed by atoms with E-state index in [-0.39, 0.29) is 24.0 Å². The number of methoxy groups -OCH3 is 1. The average molecular weight is 362 g/mol. The number of hydrogen-bond donors (Lipinski definition) is 3. The van der Waals surface area contributed by atoms with Gasteiger partial charge >= 0.3 is 12.0 Å². The fraction of sp³-hybridized carbons (Fsp3) is 0.600. The first-order valence-electron chi connectivity index (χ1n) is 9.33. The van der Waals surface area contributed by atoms with Crippen LogP contribution < -0.4 is 15.4 Å². The Morgan fingerprint density at radius 2 is 1.85 bits per heavy atom. The second-order valence-electron chi connectivity index (χ2n) is 7.43. The van der Waals surface area contributed by atoms with Crippen molar-refractivity contribution in [2.45, 2.75) is 58.0 Å². The van der Waals surface area contributed by atoms with E-state index in [2.05, 4.69) is 24.5 Å². The minimum atomic E-state index is -0.735. The van der Waals surface area contributed by atoms with Gasteiger partial charge in [-0.1, -0.05) is 32.0 Å². The van der Waals surface area contributed by atoms with Gasteiger partial charge in [0.05, 0.1) is 19.1 Å². The Kier molecular flexibility index (Phi) is 7.30. The predicted octanol–water partition coefficient (Wildman–Crippen LogP) is 3.73. The number of carbonyl (C=O) groups excluding carboxylic acids is 1. The minimum Gasteiger partial charge on any atom is -0.496 e. The molecule has 1 unspecified atom stereocenters. The van der Waals surface area contributed by atoms with Crippen LogP contribution in [0.4, 0.5) is 4.79 Å². The number of nitrogens with one attached hydrogen (secondary N) is 2. The lowest BCUT2D eigenvalue weighted by molar-refractivity contribution is -0.142. The largest absolute Gasteiger partial charge is 0.496 e. The van der Waals surface area contributed by atoms with Crippen molar-refractivity contribution < 1.29 is 19.4 Å². The molecule has 1 aliphatic carbocycles. The molecule has 6 heteroatoms. The lowest BCUT2D eigenvalue weighted by Gasteiger charge is -2.28. The number of carbonyl (C=O) groups is 2. The molecular weight excluding hydrogens is 332 g/mol. The lowest BCUT2D eigenvalue weighted by atomic mass is 9.86. The first-order chi connectivity index (χ1) is 12.4. The maximum atomic E-state index is 12.5. The molecule has 0 saturated heterocycles. The molecule has 3 N–H and O–H groups in total. The molecule has 1 aliphatic rings. The summed E-state index contributed by atoms with van der Waals surface area (Å²) in [7, 11) is 1.63. The van der Waals surface area contributed by atoms with Crippen molar-refractivity contribution >= 4 is 12.0 Å². The van der Waals surface area contributed by atoms with Crippen LogP contribution in [0.5, 0.6) is 5.75 Å². The smallest absolute Gasteiger partial charge is 0.315 e. The van der Waals surface area contributed by atoms with Gasteiger partial charge in [-0.3, -0.25) is 4.79 Å². The molecule has 6 nitrogen and oxygen atoms in total. The van der Waals surface area contributed by atoms with Crippen molar-refractivity contribution in [1.29, 1.82) is 0 Å². The first kappa shape index (κ1) is 20.1. The third-order valence-electron chi connectivity index (χ3n) is 4.94. The van der Waals surface area contributed by atoms with Crippen LogP contribution in [0.25, 0.3) is 0 Å². The van der Waals surface area contributed by atoms with E-state index in [1.165, 1.54) is 0 Å². The highest BCUT2D eigenvalue weighted by atomic mass is 16.5. The number of benzene rings is 1. The van der Waals surface area contributed by atoms with Crippen molar-refractivity contribution in [3.8, 4) is 5.75 Å². The molecule has 2 amide bonds. The van der Waals surface area contributed by atoms with Crippen molar-refractivity contribution in [2.24, 2.45) is 11.8 Å². The molecule has 2 rings (SSSR count). The van der Waals surface area contributed by atoms with Crippen LogP contribution in [0, 0.1) is 11.8 Å². The van der Waals surface area contributed by atoms with Gasteiger partial charge in [-0.05, 0) is 44.1 Å². The van der Waals surface area contributed by atoms with Crippen LogP contribution in [0.2, 0.25) is 0 Å². The number of carboxylic acids is 1. The van der Waals surface area contributed by atoms with Gasteiger partial charge in [-0.15, -0.1) is 0 Å². The zero-order valence-corrected chi connectivity index (χ0v) is 15.8. The number of rotatable bonds is 7. The summed E-state index contributed by atoms with van der Waals surface area (Å²) in [6.45, 7) is 4.24. The topological polar surface area (TPSA) is 87.7 Å². The van der Waals surface area contributed by atoms with E-state index >= 15 is 0 Å². The number of hydrogen-bond acceptors (Lipinski definition) is 3. The summed E-state index contributed by atoms with van der Waals surface area (Å²) in [5, 5.41) is 15.2. The molecular formula is C20H30N2O4. The van der Waals surface area contributed by atoms with Gasteiger partial charge in [0.2, 0.25) is 0 Å². The van der Waals surface area contributed by atoms with Crippen LogP contribution in [0.15, 0.2) is 24.3 Å². The Labute approximate surface area is 155 Å². The standard InChI is InChI=1S/C20H30N2O4/c1-13(2)12-17(16-6-4-5-7-18(16)26-3)22-20(25)21-15-10-8-14(9-11-15)19(23)24/h4-7,13-15,17H,8-12H2,1-3H3,(H,23,24)(H2,21,22,25). The molecule has 1 saturated carbocycles. The number of para-hydroxylation sites is 1. The van der Waals surface area contributed by atoms with Crippen LogP contribution in [-0.4, -0.2) is 30.3 Å². The van der Waals surface area contributed by atoms with Crippen LogP contribution in [0.3, 0.4) is 0 Å². The number of urea groups is 1. The van der Waals surface area contributed by atoms with Crippen LogP contribution >= 0.6 is 0 Å².